The van der Waals surface area contributed by atoms with Crippen LogP contribution in [0.15, 0.2) is 0 Å². The van der Waals surface area contributed by atoms with Crippen molar-refractivity contribution in [3.8, 4) is 0 Å². The van der Waals surface area contributed by atoms with Crippen molar-refractivity contribution in [2.75, 3.05) is 20.1 Å². The standard InChI is InChI=1S/C11H26N2/c1-9(2)6-11(7-12)8-13(5)10(3)4/h9-11H,6-8,12H2,1-5H3. The lowest BCUT2D eigenvalue weighted by molar-refractivity contribution is 0.217. The van der Waals surface area contributed by atoms with Crippen molar-refractivity contribution in [1.82, 2.24) is 4.90 Å². The SMILES string of the molecule is CC(C)CC(CN)CN(C)C(C)C. The summed E-state index contributed by atoms with van der Waals surface area (Å²) in [7, 11) is 2.17. The molecule has 0 saturated heterocycles. The predicted octanol–water partition coefficient (Wildman–Crippen LogP) is 1.95. The normalized spacial score (nSPS) is 14.5. The maximum Gasteiger partial charge on any atom is 0.00356 e. The summed E-state index contributed by atoms with van der Waals surface area (Å²) in [5.74, 6) is 1.42. The van der Waals surface area contributed by atoms with E-state index >= 15 is 0 Å². The van der Waals surface area contributed by atoms with E-state index in [1.807, 2.05) is 0 Å². The van der Waals surface area contributed by atoms with Gasteiger partial charge in [0.15, 0.2) is 0 Å². The lowest BCUT2D eigenvalue weighted by Crippen LogP contribution is -2.35. The summed E-state index contributed by atoms with van der Waals surface area (Å²) in [6.45, 7) is 10.9. The van der Waals surface area contributed by atoms with Crippen LogP contribution < -0.4 is 5.73 Å². The van der Waals surface area contributed by atoms with Gasteiger partial charge in [-0.15, -0.1) is 0 Å². The quantitative estimate of drug-likeness (QED) is 0.687. The minimum Gasteiger partial charge on any atom is -0.330 e. The van der Waals surface area contributed by atoms with E-state index in [0.717, 1.165) is 19.0 Å². The van der Waals surface area contributed by atoms with Gasteiger partial charge < -0.3 is 10.6 Å². The first-order valence-corrected chi connectivity index (χ1v) is 5.37. The van der Waals surface area contributed by atoms with Gasteiger partial charge in [0.2, 0.25) is 0 Å². The Morgan fingerprint density at radius 1 is 1.15 bits per heavy atom. The number of hydrogen-bond donors (Lipinski definition) is 1. The molecule has 80 valence electrons. The Labute approximate surface area is 83.5 Å². The summed E-state index contributed by atoms with van der Waals surface area (Å²) in [5, 5.41) is 0. The minimum absolute atomic E-state index is 0.626. The van der Waals surface area contributed by atoms with Crippen LogP contribution in [0.4, 0.5) is 0 Å². The van der Waals surface area contributed by atoms with Crippen molar-refractivity contribution in [2.45, 2.75) is 40.2 Å². The van der Waals surface area contributed by atoms with E-state index < -0.39 is 0 Å². The molecule has 0 fully saturated rings. The summed E-state index contributed by atoms with van der Waals surface area (Å²) in [6, 6.07) is 0.626. The highest BCUT2D eigenvalue weighted by Gasteiger charge is 2.13. The lowest BCUT2D eigenvalue weighted by Gasteiger charge is -2.27. The average molecular weight is 186 g/mol. The van der Waals surface area contributed by atoms with Crippen molar-refractivity contribution >= 4 is 0 Å². The molecule has 0 aromatic rings. The van der Waals surface area contributed by atoms with Gasteiger partial charge in [-0.1, -0.05) is 13.8 Å². The molecule has 2 N–H and O–H groups in total. The molecule has 0 aliphatic rings. The van der Waals surface area contributed by atoms with Crippen molar-refractivity contribution in [2.24, 2.45) is 17.6 Å². The Kier molecular flexibility index (Phi) is 6.35. The van der Waals surface area contributed by atoms with E-state index in [4.69, 9.17) is 5.73 Å². The van der Waals surface area contributed by atoms with E-state index in [1.54, 1.807) is 0 Å². The second-order valence-corrected chi connectivity index (χ2v) is 4.76. The van der Waals surface area contributed by atoms with Crippen LogP contribution in [0.2, 0.25) is 0 Å². The molecule has 0 saturated carbocycles. The van der Waals surface area contributed by atoms with E-state index in [1.165, 1.54) is 6.42 Å². The van der Waals surface area contributed by atoms with Crippen LogP contribution in [-0.4, -0.2) is 31.1 Å². The van der Waals surface area contributed by atoms with Gasteiger partial charge in [0.25, 0.3) is 0 Å². The van der Waals surface area contributed by atoms with E-state index in [2.05, 4.69) is 39.6 Å². The van der Waals surface area contributed by atoms with Crippen molar-refractivity contribution < 1.29 is 0 Å². The molecule has 0 heterocycles. The summed E-state index contributed by atoms with van der Waals surface area (Å²) in [4.78, 5) is 2.37. The molecule has 13 heavy (non-hydrogen) atoms. The summed E-state index contributed by atoms with van der Waals surface area (Å²) >= 11 is 0. The maximum absolute atomic E-state index is 5.74. The van der Waals surface area contributed by atoms with Gasteiger partial charge in [-0.3, -0.25) is 0 Å². The number of nitrogens with zero attached hydrogens (tertiary/aromatic N) is 1. The Hall–Kier alpha value is -0.0800. The number of nitrogens with two attached hydrogens (primary N) is 1. The van der Waals surface area contributed by atoms with Crippen LogP contribution in [-0.2, 0) is 0 Å². The van der Waals surface area contributed by atoms with Crippen LogP contribution in [0.5, 0.6) is 0 Å². The highest BCUT2D eigenvalue weighted by atomic mass is 15.1. The molecule has 0 spiro atoms. The van der Waals surface area contributed by atoms with Gasteiger partial charge in [0.1, 0.15) is 0 Å². The molecule has 2 nitrogen and oxygen atoms in total. The van der Waals surface area contributed by atoms with Gasteiger partial charge in [-0.05, 0) is 45.7 Å². The maximum atomic E-state index is 5.74. The van der Waals surface area contributed by atoms with E-state index in [0.29, 0.717) is 12.0 Å². The zero-order valence-electron chi connectivity index (χ0n) is 9.88. The molecule has 0 aliphatic carbocycles. The summed E-state index contributed by atoms with van der Waals surface area (Å²) in [5.41, 5.74) is 5.74. The summed E-state index contributed by atoms with van der Waals surface area (Å²) < 4.78 is 0. The summed E-state index contributed by atoms with van der Waals surface area (Å²) in [6.07, 6.45) is 1.24. The zero-order chi connectivity index (χ0) is 10.4. The fraction of sp³-hybridized carbons (Fsp3) is 1.00. The topological polar surface area (TPSA) is 29.3 Å². The first-order chi connectivity index (χ1) is 5.97. The molecule has 0 rings (SSSR count). The van der Waals surface area contributed by atoms with Crippen molar-refractivity contribution in [3.05, 3.63) is 0 Å². The predicted molar refractivity (Wildman–Crippen MR) is 59.8 cm³/mol. The Morgan fingerprint density at radius 2 is 1.69 bits per heavy atom. The van der Waals surface area contributed by atoms with Crippen LogP contribution in [0.3, 0.4) is 0 Å². The molecule has 1 atom stereocenters. The molecular weight excluding hydrogens is 160 g/mol. The van der Waals surface area contributed by atoms with Crippen LogP contribution in [0.25, 0.3) is 0 Å². The fourth-order valence-electron chi connectivity index (χ4n) is 1.53. The zero-order valence-corrected chi connectivity index (χ0v) is 9.88. The van der Waals surface area contributed by atoms with E-state index in [-0.39, 0.29) is 0 Å². The highest BCUT2D eigenvalue weighted by molar-refractivity contribution is 4.68. The molecule has 0 aromatic heterocycles. The van der Waals surface area contributed by atoms with Crippen molar-refractivity contribution in [1.29, 1.82) is 0 Å². The highest BCUT2D eigenvalue weighted by Crippen LogP contribution is 2.12. The molecule has 0 amide bonds. The van der Waals surface area contributed by atoms with Crippen LogP contribution in [0, 0.1) is 11.8 Å². The molecule has 1 unspecified atom stereocenters. The van der Waals surface area contributed by atoms with Crippen LogP contribution >= 0.6 is 0 Å². The van der Waals surface area contributed by atoms with E-state index in [9.17, 15) is 0 Å². The fourth-order valence-corrected chi connectivity index (χ4v) is 1.53. The third kappa shape index (κ3) is 6.05. The minimum atomic E-state index is 0.626. The molecule has 0 radical (unpaired) electrons. The smallest absolute Gasteiger partial charge is 0.00356 e. The number of hydrogen-bond acceptors (Lipinski definition) is 2. The first-order valence-electron chi connectivity index (χ1n) is 5.37. The lowest BCUT2D eigenvalue weighted by atomic mass is 9.96. The molecule has 0 bridgehead atoms. The molecule has 0 aromatic carbocycles. The van der Waals surface area contributed by atoms with Gasteiger partial charge in [-0.25, -0.2) is 0 Å². The van der Waals surface area contributed by atoms with Crippen molar-refractivity contribution in [3.63, 3.8) is 0 Å². The second-order valence-electron chi connectivity index (χ2n) is 4.76. The Bertz CT molecular complexity index is 121. The molecule has 2 heteroatoms. The molecule has 0 aliphatic heterocycles. The average Bonchev–Trinajstić information content (AvgIpc) is 2.02. The monoisotopic (exact) mass is 186 g/mol. The largest absolute Gasteiger partial charge is 0.330 e. The Balaban J connectivity index is 3.83. The third-order valence-corrected chi connectivity index (χ3v) is 2.57. The third-order valence-electron chi connectivity index (χ3n) is 2.57. The second kappa shape index (κ2) is 6.39. The van der Waals surface area contributed by atoms with Gasteiger partial charge >= 0.3 is 0 Å². The van der Waals surface area contributed by atoms with Crippen LogP contribution in [0.1, 0.15) is 34.1 Å². The van der Waals surface area contributed by atoms with Gasteiger partial charge in [-0.2, -0.15) is 0 Å². The van der Waals surface area contributed by atoms with Gasteiger partial charge in [0.05, 0.1) is 0 Å². The number of rotatable bonds is 6. The molecular formula is C11H26N2. The van der Waals surface area contributed by atoms with Gasteiger partial charge in [0, 0.05) is 12.6 Å². The first kappa shape index (κ1) is 12.9. The Morgan fingerprint density at radius 3 is 2.00 bits per heavy atom.